The van der Waals surface area contributed by atoms with Crippen molar-refractivity contribution >= 4 is 33.0 Å². The van der Waals surface area contributed by atoms with Gasteiger partial charge in [0.05, 0.1) is 22.5 Å². The molecule has 5 heteroatoms. The number of piperidine rings is 2. The van der Waals surface area contributed by atoms with Gasteiger partial charge in [-0.25, -0.2) is 4.98 Å². The zero-order valence-corrected chi connectivity index (χ0v) is 19.4. The van der Waals surface area contributed by atoms with Crippen LogP contribution in [0.1, 0.15) is 52.0 Å². The van der Waals surface area contributed by atoms with Crippen molar-refractivity contribution in [2.45, 2.75) is 53.0 Å². The highest BCUT2D eigenvalue weighted by Crippen LogP contribution is 2.57. The lowest BCUT2D eigenvalue weighted by atomic mass is 9.58. The van der Waals surface area contributed by atoms with Crippen LogP contribution in [0.5, 0.6) is 0 Å². The minimum atomic E-state index is -0.132. The Labute approximate surface area is 187 Å². The molecule has 0 N–H and O–H groups in total. The molecule has 4 nitrogen and oxygen atoms in total. The SMILES string of the molecule is CC1(C)CCN2C(=O)CC(C)(C)C3C4=C(C=C1C32)CC(c1nc2ccccc2s1)=CO4. The number of carbonyl (C=O) groups excluding carboxylic acids is 1. The molecule has 3 aliphatic heterocycles. The molecule has 160 valence electrons. The lowest BCUT2D eigenvalue weighted by Gasteiger charge is -2.58. The van der Waals surface area contributed by atoms with Gasteiger partial charge in [-0.1, -0.05) is 45.9 Å². The smallest absolute Gasteiger partial charge is 0.223 e. The number of hydrogen-bond donors (Lipinski definition) is 0. The Balaban J connectivity index is 1.44. The maximum absolute atomic E-state index is 13.0. The van der Waals surface area contributed by atoms with Crippen molar-refractivity contribution < 1.29 is 9.53 Å². The topological polar surface area (TPSA) is 42.4 Å². The van der Waals surface area contributed by atoms with E-state index in [9.17, 15) is 4.79 Å². The second kappa shape index (κ2) is 6.32. The van der Waals surface area contributed by atoms with Crippen molar-refractivity contribution in [3.63, 3.8) is 0 Å². The van der Waals surface area contributed by atoms with E-state index in [2.05, 4.69) is 56.9 Å². The van der Waals surface area contributed by atoms with Crippen LogP contribution < -0.4 is 0 Å². The molecule has 6 rings (SSSR count). The van der Waals surface area contributed by atoms with Gasteiger partial charge < -0.3 is 9.64 Å². The van der Waals surface area contributed by atoms with E-state index in [-0.39, 0.29) is 22.8 Å². The Morgan fingerprint density at radius 1 is 1.19 bits per heavy atom. The number of nitrogens with zero attached hydrogens (tertiary/aromatic N) is 2. The molecule has 2 saturated heterocycles. The van der Waals surface area contributed by atoms with Crippen LogP contribution in [-0.2, 0) is 9.53 Å². The minimum Gasteiger partial charge on any atom is -0.468 e. The number of ether oxygens (including phenoxy) is 1. The summed E-state index contributed by atoms with van der Waals surface area (Å²) in [6, 6.07) is 8.41. The summed E-state index contributed by atoms with van der Waals surface area (Å²) in [6.07, 6.45) is 6.70. The molecule has 2 aromatic rings. The molecule has 1 amide bonds. The minimum absolute atomic E-state index is 0.0861. The van der Waals surface area contributed by atoms with Crippen molar-refractivity contribution in [1.82, 2.24) is 9.88 Å². The number of allylic oxidation sites excluding steroid dienone is 3. The molecule has 0 spiro atoms. The van der Waals surface area contributed by atoms with Gasteiger partial charge in [0.25, 0.3) is 0 Å². The summed E-state index contributed by atoms with van der Waals surface area (Å²) in [5.41, 5.74) is 4.81. The number of aromatic nitrogens is 1. The standard InChI is InChI=1S/C26H28N2O2S/c1-25(2)9-10-28-20(29)13-26(3,4)21-22(28)17(25)12-15-11-16(14-30-23(15)21)24-27-18-7-5-6-8-19(18)31-24/h5-8,12,14,21-22H,9-11,13H2,1-4H3. The lowest BCUT2D eigenvalue weighted by molar-refractivity contribution is -0.147. The predicted molar refractivity (Wildman–Crippen MR) is 124 cm³/mol. The zero-order valence-electron chi connectivity index (χ0n) is 18.6. The Morgan fingerprint density at radius 3 is 2.81 bits per heavy atom. The van der Waals surface area contributed by atoms with Gasteiger partial charge in [0, 0.05) is 30.9 Å². The first-order valence-corrected chi connectivity index (χ1v) is 12.0. The number of amides is 1. The fraction of sp³-hybridized carbons (Fsp3) is 0.462. The first-order chi connectivity index (χ1) is 14.7. The molecule has 1 aromatic carbocycles. The van der Waals surface area contributed by atoms with E-state index in [0.717, 1.165) is 41.2 Å². The Morgan fingerprint density at radius 2 is 2.00 bits per heavy atom. The molecule has 1 aromatic heterocycles. The van der Waals surface area contributed by atoms with Gasteiger partial charge in [-0.05, 0) is 40.5 Å². The highest BCUT2D eigenvalue weighted by Gasteiger charge is 2.56. The molecule has 2 fully saturated rings. The number of rotatable bonds is 1. The van der Waals surface area contributed by atoms with Gasteiger partial charge in [-0.15, -0.1) is 11.3 Å². The van der Waals surface area contributed by atoms with Crippen LogP contribution in [-0.4, -0.2) is 28.4 Å². The van der Waals surface area contributed by atoms with E-state index >= 15 is 0 Å². The normalized spacial score (nSPS) is 28.5. The molecule has 4 aliphatic rings. The number of fused-ring (bicyclic) bond motifs is 2. The summed E-state index contributed by atoms with van der Waals surface area (Å²) < 4.78 is 7.63. The van der Waals surface area contributed by atoms with E-state index in [1.165, 1.54) is 15.8 Å². The maximum atomic E-state index is 13.0. The molecule has 31 heavy (non-hydrogen) atoms. The third-order valence-corrected chi connectivity index (χ3v) is 8.82. The van der Waals surface area contributed by atoms with E-state index in [4.69, 9.17) is 9.72 Å². The number of thiazole rings is 1. The molecule has 4 heterocycles. The largest absolute Gasteiger partial charge is 0.468 e. The molecule has 2 atom stereocenters. The van der Waals surface area contributed by atoms with Crippen molar-refractivity contribution in [3.05, 3.63) is 58.5 Å². The van der Waals surface area contributed by atoms with Gasteiger partial charge in [0.2, 0.25) is 5.91 Å². The quantitative estimate of drug-likeness (QED) is 0.561. The molecular formula is C26H28N2O2S. The van der Waals surface area contributed by atoms with Crippen molar-refractivity contribution in [3.8, 4) is 0 Å². The highest BCUT2D eigenvalue weighted by atomic mass is 32.1. The van der Waals surface area contributed by atoms with Gasteiger partial charge in [0.15, 0.2) is 0 Å². The fourth-order valence-electron chi connectivity index (χ4n) is 5.96. The Bertz CT molecular complexity index is 1180. The third-order valence-electron chi connectivity index (χ3n) is 7.70. The first-order valence-electron chi connectivity index (χ1n) is 11.2. The molecular weight excluding hydrogens is 404 g/mol. The summed E-state index contributed by atoms with van der Waals surface area (Å²) in [5.74, 6) is 1.56. The lowest BCUT2D eigenvalue weighted by Crippen LogP contribution is -2.62. The Hall–Kier alpha value is -2.40. The van der Waals surface area contributed by atoms with Crippen LogP contribution >= 0.6 is 11.3 Å². The van der Waals surface area contributed by atoms with E-state index < -0.39 is 0 Å². The van der Waals surface area contributed by atoms with E-state index in [0.29, 0.717) is 12.3 Å². The van der Waals surface area contributed by atoms with Crippen molar-refractivity contribution in [1.29, 1.82) is 0 Å². The zero-order chi connectivity index (χ0) is 21.5. The van der Waals surface area contributed by atoms with E-state index in [1.54, 1.807) is 11.3 Å². The van der Waals surface area contributed by atoms with Gasteiger partial charge in [-0.3, -0.25) is 4.79 Å². The first kappa shape index (κ1) is 19.3. The number of para-hydroxylation sites is 1. The maximum Gasteiger partial charge on any atom is 0.223 e. The predicted octanol–water partition coefficient (Wildman–Crippen LogP) is 5.92. The Kier molecular flexibility index (Phi) is 3.93. The molecule has 0 bridgehead atoms. The van der Waals surface area contributed by atoms with Crippen LogP contribution in [0.25, 0.3) is 15.8 Å². The van der Waals surface area contributed by atoms with Crippen LogP contribution in [0, 0.1) is 16.7 Å². The summed E-state index contributed by atoms with van der Waals surface area (Å²) in [4.78, 5) is 20.0. The monoisotopic (exact) mass is 432 g/mol. The average molecular weight is 433 g/mol. The summed E-state index contributed by atoms with van der Waals surface area (Å²) >= 11 is 1.73. The second-order valence-electron chi connectivity index (χ2n) is 10.7. The number of benzene rings is 1. The third kappa shape index (κ3) is 2.78. The van der Waals surface area contributed by atoms with Crippen molar-refractivity contribution in [2.75, 3.05) is 6.54 Å². The summed E-state index contributed by atoms with van der Waals surface area (Å²) in [6.45, 7) is 9.98. The molecule has 1 aliphatic carbocycles. The number of hydrogen-bond acceptors (Lipinski definition) is 4. The van der Waals surface area contributed by atoms with Crippen LogP contribution in [0.3, 0.4) is 0 Å². The van der Waals surface area contributed by atoms with Crippen LogP contribution in [0.4, 0.5) is 0 Å². The summed E-state index contributed by atoms with van der Waals surface area (Å²) in [5, 5.41) is 1.04. The van der Waals surface area contributed by atoms with E-state index in [1.807, 2.05) is 12.3 Å². The average Bonchev–Trinajstić information content (AvgIpc) is 3.15. The second-order valence-corrected chi connectivity index (χ2v) is 11.8. The summed E-state index contributed by atoms with van der Waals surface area (Å²) in [7, 11) is 0. The van der Waals surface area contributed by atoms with Crippen LogP contribution in [0.2, 0.25) is 0 Å². The van der Waals surface area contributed by atoms with Gasteiger partial charge in [0.1, 0.15) is 10.8 Å². The van der Waals surface area contributed by atoms with Gasteiger partial charge in [-0.2, -0.15) is 0 Å². The highest BCUT2D eigenvalue weighted by molar-refractivity contribution is 7.19. The molecule has 0 saturated carbocycles. The molecule has 0 radical (unpaired) electrons. The number of carbonyl (C=O) groups is 1. The fourth-order valence-corrected chi connectivity index (χ4v) is 6.93. The van der Waals surface area contributed by atoms with Gasteiger partial charge >= 0.3 is 0 Å². The van der Waals surface area contributed by atoms with Crippen LogP contribution in [0.15, 0.2) is 53.5 Å². The van der Waals surface area contributed by atoms with Crippen molar-refractivity contribution in [2.24, 2.45) is 16.7 Å². The molecule has 2 unspecified atom stereocenters.